The Morgan fingerprint density at radius 1 is 1.48 bits per heavy atom. The molecule has 2 rings (SSSR count). The molecule has 0 atom stereocenters. The van der Waals surface area contributed by atoms with E-state index >= 15 is 0 Å². The lowest BCUT2D eigenvalue weighted by Gasteiger charge is -2.35. The van der Waals surface area contributed by atoms with Gasteiger partial charge < -0.3 is 15.5 Å². The number of carboxylic acids is 1. The number of hydrogen-bond donors (Lipinski definition) is 3. The number of nitriles is 1. The molecule has 0 amide bonds. The largest absolute Gasteiger partial charge is 0.481 e. The Kier molecular flexibility index (Phi) is 4.49. The second-order valence-electron chi connectivity index (χ2n) is 5.80. The summed E-state index contributed by atoms with van der Waals surface area (Å²) in [6.45, 7) is 2.20. The van der Waals surface area contributed by atoms with E-state index in [1.807, 2.05) is 25.1 Å². The van der Waals surface area contributed by atoms with Crippen LogP contribution in [0.15, 0.2) is 18.2 Å². The molecule has 0 radical (unpaired) electrons. The molecule has 1 aliphatic rings. The Bertz CT molecular complexity index is 569. The predicted octanol–water partition coefficient (Wildman–Crippen LogP) is 2.28. The molecule has 0 aliphatic heterocycles. The van der Waals surface area contributed by atoms with Gasteiger partial charge in [-0.05, 0) is 44.2 Å². The average Bonchev–Trinajstić information content (AvgIpc) is 2.46. The molecular weight excluding hydrogens is 268 g/mol. The third-order valence-corrected chi connectivity index (χ3v) is 4.26. The van der Waals surface area contributed by atoms with Crippen molar-refractivity contribution in [1.29, 1.82) is 5.26 Å². The molecule has 1 aromatic carbocycles. The van der Waals surface area contributed by atoms with E-state index in [1.165, 1.54) is 0 Å². The molecule has 0 saturated heterocycles. The smallest absolute Gasteiger partial charge is 0.306 e. The number of nitrogens with one attached hydrogen (secondary N) is 1. The fraction of sp³-hybridized carbons (Fsp3) is 0.500. The van der Waals surface area contributed by atoms with Gasteiger partial charge in [0.25, 0.3) is 0 Å². The molecule has 1 saturated carbocycles. The van der Waals surface area contributed by atoms with Crippen LogP contribution in [-0.4, -0.2) is 28.3 Å². The van der Waals surface area contributed by atoms with Crippen LogP contribution >= 0.6 is 0 Å². The van der Waals surface area contributed by atoms with Crippen molar-refractivity contribution in [3.8, 4) is 6.07 Å². The van der Waals surface area contributed by atoms with Gasteiger partial charge in [0.05, 0.1) is 22.8 Å². The highest BCUT2D eigenvalue weighted by Gasteiger charge is 2.35. The normalized spacial score (nSPS) is 25.1. The summed E-state index contributed by atoms with van der Waals surface area (Å²) in [5.41, 5.74) is 1.29. The summed E-state index contributed by atoms with van der Waals surface area (Å²) >= 11 is 0. The van der Waals surface area contributed by atoms with Gasteiger partial charge in [-0.15, -0.1) is 0 Å². The lowest BCUT2D eigenvalue weighted by molar-refractivity contribution is -0.144. The van der Waals surface area contributed by atoms with E-state index in [0.717, 1.165) is 5.56 Å². The molecular formula is C16H20N2O3. The average molecular weight is 288 g/mol. The van der Waals surface area contributed by atoms with E-state index in [0.29, 0.717) is 43.5 Å². The molecule has 1 aromatic rings. The van der Waals surface area contributed by atoms with Crippen LogP contribution in [-0.2, 0) is 4.79 Å². The SMILES string of the molecule is Cc1cccc(NCC2(O)CCC(C(=O)O)CC2)c1C#N. The van der Waals surface area contributed by atoms with Crippen molar-refractivity contribution in [2.75, 3.05) is 11.9 Å². The third kappa shape index (κ3) is 3.53. The van der Waals surface area contributed by atoms with Gasteiger partial charge in [0.2, 0.25) is 0 Å². The maximum absolute atomic E-state index is 10.9. The zero-order valence-corrected chi connectivity index (χ0v) is 12.1. The van der Waals surface area contributed by atoms with Crippen LogP contribution in [0, 0.1) is 24.2 Å². The predicted molar refractivity (Wildman–Crippen MR) is 78.9 cm³/mol. The number of rotatable bonds is 4. The second-order valence-corrected chi connectivity index (χ2v) is 5.80. The molecule has 1 fully saturated rings. The van der Waals surface area contributed by atoms with Crippen molar-refractivity contribution in [2.24, 2.45) is 5.92 Å². The lowest BCUT2D eigenvalue weighted by atomic mass is 9.79. The number of carboxylic acid groups (broad SMARTS) is 1. The van der Waals surface area contributed by atoms with Crippen molar-refractivity contribution in [3.05, 3.63) is 29.3 Å². The molecule has 3 N–H and O–H groups in total. The van der Waals surface area contributed by atoms with Crippen molar-refractivity contribution in [3.63, 3.8) is 0 Å². The van der Waals surface area contributed by atoms with Crippen LogP contribution in [0.1, 0.15) is 36.8 Å². The molecule has 0 unspecified atom stereocenters. The minimum Gasteiger partial charge on any atom is -0.481 e. The first kappa shape index (κ1) is 15.3. The topological polar surface area (TPSA) is 93.3 Å². The number of nitrogens with zero attached hydrogens (tertiary/aromatic N) is 1. The first-order valence-electron chi connectivity index (χ1n) is 7.14. The zero-order valence-electron chi connectivity index (χ0n) is 12.1. The number of aliphatic hydroxyl groups is 1. The summed E-state index contributed by atoms with van der Waals surface area (Å²) in [5.74, 6) is -1.13. The van der Waals surface area contributed by atoms with Gasteiger partial charge >= 0.3 is 5.97 Å². The van der Waals surface area contributed by atoms with Crippen molar-refractivity contribution >= 4 is 11.7 Å². The number of anilines is 1. The Balaban J connectivity index is 1.99. The highest BCUT2D eigenvalue weighted by Crippen LogP contribution is 2.32. The van der Waals surface area contributed by atoms with Crippen molar-refractivity contribution in [2.45, 2.75) is 38.2 Å². The van der Waals surface area contributed by atoms with E-state index in [1.54, 1.807) is 0 Å². The van der Waals surface area contributed by atoms with Gasteiger partial charge in [0, 0.05) is 6.54 Å². The van der Waals surface area contributed by atoms with Gasteiger partial charge in [-0.2, -0.15) is 5.26 Å². The van der Waals surface area contributed by atoms with Gasteiger partial charge in [0.1, 0.15) is 6.07 Å². The van der Waals surface area contributed by atoms with E-state index in [9.17, 15) is 15.2 Å². The van der Waals surface area contributed by atoms with Gasteiger partial charge in [0.15, 0.2) is 0 Å². The minimum atomic E-state index is -0.900. The molecule has 5 heteroatoms. The number of hydrogen-bond acceptors (Lipinski definition) is 4. The van der Waals surface area contributed by atoms with Crippen LogP contribution in [0.4, 0.5) is 5.69 Å². The Hall–Kier alpha value is -2.06. The number of benzene rings is 1. The van der Waals surface area contributed by atoms with Crippen molar-refractivity contribution < 1.29 is 15.0 Å². The van der Waals surface area contributed by atoms with Crippen LogP contribution in [0.3, 0.4) is 0 Å². The highest BCUT2D eigenvalue weighted by atomic mass is 16.4. The summed E-state index contributed by atoms with van der Waals surface area (Å²) in [7, 11) is 0. The Morgan fingerprint density at radius 3 is 2.71 bits per heavy atom. The Morgan fingerprint density at radius 2 is 2.14 bits per heavy atom. The molecule has 5 nitrogen and oxygen atoms in total. The lowest BCUT2D eigenvalue weighted by Crippen LogP contribution is -2.42. The van der Waals surface area contributed by atoms with E-state index in [2.05, 4.69) is 11.4 Å². The van der Waals surface area contributed by atoms with Gasteiger partial charge in [-0.3, -0.25) is 4.79 Å². The van der Waals surface area contributed by atoms with Crippen LogP contribution in [0.25, 0.3) is 0 Å². The molecule has 0 heterocycles. The fourth-order valence-electron chi connectivity index (χ4n) is 2.80. The summed E-state index contributed by atoms with van der Waals surface area (Å²) in [6.07, 6.45) is 1.91. The third-order valence-electron chi connectivity index (χ3n) is 4.26. The molecule has 0 spiro atoms. The van der Waals surface area contributed by atoms with Gasteiger partial charge in [-0.1, -0.05) is 12.1 Å². The maximum Gasteiger partial charge on any atom is 0.306 e. The molecule has 21 heavy (non-hydrogen) atoms. The minimum absolute atomic E-state index is 0.331. The zero-order chi connectivity index (χ0) is 15.5. The van der Waals surface area contributed by atoms with Crippen LogP contribution in [0.2, 0.25) is 0 Å². The summed E-state index contributed by atoms with van der Waals surface area (Å²) in [5, 5.41) is 31.8. The summed E-state index contributed by atoms with van der Waals surface area (Å²) in [4.78, 5) is 10.9. The molecule has 0 bridgehead atoms. The first-order valence-corrected chi connectivity index (χ1v) is 7.14. The monoisotopic (exact) mass is 288 g/mol. The Labute approximate surface area is 124 Å². The molecule has 112 valence electrons. The van der Waals surface area contributed by atoms with E-state index in [4.69, 9.17) is 5.11 Å². The second kappa shape index (κ2) is 6.15. The van der Waals surface area contributed by atoms with E-state index in [-0.39, 0.29) is 5.92 Å². The maximum atomic E-state index is 10.9. The number of carbonyl (C=O) groups is 1. The molecule has 1 aliphatic carbocycles. The van der Waals surface area contributed by atoms with Crippen molar-refractivity contribution in [1.82, 2.24) is 0 Å². The fourth-order valence-corrected chi connectivity index (χ4v) is 2.80. The van der Waals surface area contributed by atoms with E-state index < -0.39 is 11.6 Å². The van der Waals surface area contributed by atoms with Crippen LogP contribution < -0.4 is 5.32 Å². The molecule has 0 aromatic heterocycles. The number of aryl methyl sites for hydroxylation is 1. The first-order chi connectivity index (χ1) is 9.95. The quantitative estimate of drug-likeness (QED) is 0.790. The number of aliphatic carboxylic acids is 1. The van der Waals surface area contributed by atoms with Crippen LogP contribution in [0.5, 0.6) is 0 Å². The highest BCUT2D eigenvalue weighted by molar-refractivity contribution is 5.70. The summed E-state index contributed by atoms with van der Waals surface area (Å²) < 4.78 is 0. The summed E-state index contributed by atoms with van der Waals surface area (Å²) in [6, 6.07) is 7.72. The standard InChI is InChI=1S/C16H20N2O3/c1-11-3-2-4-14(13(11)9-17)18-10-16(21)7-5-12(6-8-16)15(19)20/h2-4,12,18,21H,5-8,10H2,1H3,(H,19,20). The van der Waals surface area contributed by atoms with Gasteiger partial charge in [-0.25, -0.2) is 0 Å².